The minimum atomic E-state index is -0.115. The molecule has 32 heavy (non-hydrogen) atoms. The molecule has 1 atom stereocenters. The second-order valence-corrected chi connectivity index (χ2v) is 7.62. The van der Waals surface area contributed by atoms with E-state index < -0.39 is 0 Å². The summed E-state index contributed by atoms with van der Waals surface area (Å²) in [4.78, 5) is 4.82. The summed E-state index contributed by atoms with van der Waals surface area (Å²) in [7, 11) is 5.07. The number of methoxy groups -OCH3 is 3. The quantitative estimate of drug-likeness (QED) is 0.504. The molecule has 0 aliphatic carbocycles. The standard InChI is InChI=1S/C23H30N6O3/c1-30-17-16-29-23(24-25-26-29)22(20-6-4-5-7-21(20)32-3)28-14-12-27(13-15-28)18-8-10-19(31-2)11-9-18/h4-11,22H,12-17H2,1-3H3. The number of rotatable bonds is 9. The fourth-order valence-corrected chi connectivity index (χ4v) is 4.17. The molecular weight excluding hydrogens is 408 g/mol. The predicted molar refractivity (Wildman–Crippen MR) is 121 cm³/mol. The van der Waals surface area contributed by atoms with Crippen molar-refractivity contribution in [3.8, 4) is 11.5 Å². The van der Waals surface area contributed by atoms with Crippen LogP contribution in [0.25, 0.3) is 0 Å². The first kappa shape index (κ1) is 22.0. The number of nitrogens with zero attached hydrogens (tertiary/aromatic N) is 6. The fraction of sp³-hybridized carbons (Fsp3) is 0.435. The SMILES string of the molecule is COCCn1nnnc1C(c1ccccc1OC)N1CCN(c2ccc(OC)cc2)CC1. The van der Waals surface area contributed by atoms with Gasteiger partial charge in [-0.15, -0.1) is 5.10 Å². The molecule has 0 N–H and O–H groups in total. The molecule has 0 amide bonds. The van der Waals surface area contributed by atoms with Crippen LogP contribution in [0.1, 0.15) is 17.4 Å². The van der Waals surface area contributed by atoms with Crippen LogP contribution in [0.5, 0.6) is 11.5 Å². The van der Waals surface area contributed by atoms with Gasteiger partial charge in [-0.1, -0.05) is 18.2 Å². The molecule has 0 radical (unpaired) electrons. The van der Waals surface area contributed by atoms with Gasteiger partial charge in [-0.3, -0.25) is 4.90 Å². The Balaban J connectivity index is 1.59. The number of hydrogen-bond donors (Lipinski definition) is 0. The molecule has 4 rings (SSSR count). The van der Waals surface area contributed by atoms with Gasteiger partial charge in [-0.25, -0.2) is 4.68 Å². The number of aromatic nitrogens is 4. The number of piperazine rings is 1. The molecule has 0 bridgehead atoms. The van der Waals surface area contributed by atoms with Crippen molar-refractivity contribution in [1.29, 1.82) is 0 Å². The van der Waals surface area contributed by atoms with Gasteiger partial charge in [-0.05, 0) is 40.8 Å². The van der Waals surface area contributed by atoms with Crippen molar-refractivity contribution in [3.05, 3.63) is 59.9 Å². The third-order valence-electron chi connectivity index (χ3n) is 5.86. The van der Waals surface area contributed by atoms with Gasteiger partial charge in [0.05, 0.1) is 27.4 Å². The lowest BCUT2D eigenvalue weighted by atomic mass is 10.0. The summed E-state index contributed by atoms with van der Waals surface area (Å²) in [6.07, 6.45) is 0. The lowest BCUT2D eigenvalue weighted by Crippen LogP contribution is -2.48. The smallest absolute Gasteiger partial charge is 0.173 e. The lowest BCUT2D eigenvalue weighted by Gasteiger charge is -2.40. The largest absolute Gasteiger partial charge is 0.497 e. The molecule has 9 nitrogen and oxygen atoms in total. The highest BCUT2D eigenvalue weighted by Crippen LogP contribution is 2.34. The monoisotopic (exact) mass is 438 g/mol. The fourth-order valence-electron chi connectivity index (χ4n) is 4.17. The van der Waals surface area contributed by atoms with Crippen molar-refractivity contribution in [3.63, 3.8) is 0 Å². The lowest BCUT2D eigenvalue weighted by molar-refractivity contribution is 0.171. The Bertz CT molecular complexity index is 985. The van der Waals surface area contributed by atoms with Crippen molar-refractivity contribution >= 4 is 5.69 Å². The Hall–Kier alpha value is -3.17. The van der Waals surface area contributed by atoms with Crippen LogP contribution in [0.15, 0.2) is 48.5 Å². The maximum Gasteiger partial charge on any atom is 0.173 e. The van der Waals surface area contributed by atoms with E-state index in [0.29, 0.717) is 13.2 Å². The first-order valence-electron chi connectivity index (χ1n) is 10.8. The zero-order valence-electron chi connectivity index (χ0n) is 18.8. The van der Waals surface area contributed by atoms with Crippen molar-refractivity contribution in [2.45, 2.75) is 12.6 Å². The maximum absolute atomic E-state index is 5.70. The second kappa shape index (κ2) is 10.4. The number of benzene rings is 2. The van der Waals surface area contributed by atoms with Crippen molar-refractivity contribution < 1.29 is 14.2 Å². The normalized spacial score (nSPS) is 15.5. The molecule has 1 aliphatic rings. The minimum absolute atomic E-state index is 0.115. The van der Waals surface area contributed by atoms with Crippen LogP contribution >= 0.6 is 0 Å². The summed E-state index contributed by atoms with van der Waals surface area (Å²) in [6.45, 7) is 4.67. The molecule has 2 aromatic carbocycles. The van der Waals surface area contributed by atoms with Gasteiger partial charge in [0.25, 0.3) is 0 Å². The van der Waals surface area contributed by atoms with Gasteiger partial charge in [-0.2, -0.15) is 0 Å². The van der Waals surface area contributed by atoms with Crippen molar-refractivity contribution in [2.24, 2.45) is 0 Å². The van der Waals surface area contributed by atoms with Crippen LogP contribution in [0, 0.1) is 0 Å². The van der Waals surface area contributed by atoms with E-state index in [4.69, 9.17) is 14.2 Å². The van der Waals surface area contributed by atoms with E-state index in [1.165, 1.54) is 5.69 Å². The Morgan fingerprint density at radius 3 is 2.34 bits per heavy atom. The van der Waals surface area contributed by atoms with Gasteiger partial charge in [0.1, 0.15) is 17.5 Å². The third-order valence-corrected chi connectivity index (χ3v) is 5.86. The zero-order chi connectivity index (χ0) is 22.3. The first-order valence-corrected chi connectivity index (χ1v) is 10.8. The van der Waals surface area contributed by atoms with Crippen molar-refractivity contribution in [1.82, 2.24) is 25.1 Å². The Kier molecular flexibility index (Phi) is 7.18. The van der Waals surface area contributed by atoms with Gasteiger partial charge in [0.2, 0.25) is 0 Å². The summed E-state index contributed by atoms with van der Waals surface area (Å²) < 4.78 is 18.1. The summed E-state index contributed by atoms with van der Waals surface area (Å²) in [5.74, 6) is 2.49. The van der Waals surface area contributed by atoms with Gasteiger partial charge >= 0.3 is 0 Å². The number of para-hydroxylation sites is 1. The first-order chi connectivity index (χ1) is 15.7. The Morgan fingerprint density at radius 2 is 1.66 bits per heavy atom. The van der Waals surface area contributed by atoms with Crippen LogP contribution in [-0.4, -0.2) is 79.2 Å². The molecular formula is C23H30N6O3. The topological polar surface area (TPSA) is 77.8 Å². The average molecular weight is 439 g/mol. The van der Waals surface area contributed by atoms with Crippen LogP contribution in [0.4, 0.5) is 5.69 Å². The van der Waals surface area contributed by atoms with E-state index in [-0.39, 0.29) is 6.04 Å². The molecule has 1 aromatic heterocycles. The minimum Gasteiger partial charge on any atom is -0.497 e. The summed E-state index contributed by atoms with van der Waals surface area (Å²) in [5, 5.41) is 12.6. The predicted octanol–water partition coefficient (Wildman–Crippen LogP) is 2.25. The molecule has 1 saturated heterocycles. The number of hydrogen-bond acceptors (Lipinski definition) is 8. The van der Waals surface area contributed by atoms with Gasteiger partial charge < -0.3 is 19.1 Å². The number of tetrazole rings is 1. The summed E-state index contributed by atoms with van der Waals surface area (Å²) >= 11 is 0. The van der Waals surface area contributed by atoms with Crippen LogP contribution in [0.2, 0.25) is 0 Å². The highest BCUT2D eigenvalue weighted by Gasteiger charge is 2.32. The highest BCUT2D eigenvalue weighted by atomic mass is 16.5. The maximum atomic E-state index is 5.70. The van der Waals surface area contributed by atoms with Gasteiger partial charge in [0.15, 0.2) is 5.82 Å². The summed E-state index contributed by atoms with van der Waals surface area (Å²) in [5.41, 5.74) is 2.26. The molecule has 0 saturated carbocycles. The molecule has 2 heterocycles. The highest BCUT2D eigenvalue weighted by molar-refractivity contribution is 5.49. The molecule has 0 spiro atoms. The molecule has 170 valence electrons. The van der Waals surface area contributed by atoms with E-state index in [1.54, 1.807) is 21.3 Å². The molecule has 3 aromatic rings. The molecule has 1 unspecified atom stereocenters. The van der Waals surface area contributed by atoms with Crippen LogP contribution in [-0.2, 0) is 11.3 Å². The third kappa shape index (κ3) is 4.68. The van der Waals surface area contributed by atoms with Crippen molar-refractivity contribution in [2.75, 3.05) is 59.0 Å². The van der Waals surface area contributed by atoms with Gasteiger partial charge in [0, 0.05) is 44.5 Å². The van der Waals surface area contributed by atoms with Crippen LogP contribution in [0.3, 0.4) is 0 Å². The molecule has 1 aliphatic heterocycles. The molecule has 1 fully saturated rings. The van der Waals surface area contributed by atoms with E-state index in [0.717, 1.165) is 49.1 Å². The van der Waals surface area contributed by atoms with E-state index in [1.807, 2.05) is 35.0 Å². The summed E-state index contributed by atoms with van der Waals surface area (Å²) in [6, 6.07) is 16.2. The van der Waals surface area contributed by atoms with E-state index in [9.17, 15) is 0 Å². The number of anilines is 1. The second-order valence-electron chi connectivity index (χ2n) is 7.62. The van der Waals surface area contributed by atoms with E-state index in [2.05, 4.69) is 43.5 Å². The molecule has 9 heteroatoms. The Labute approximate surface area is 188 Å². The van der Waals surface area contributed by atoms with Crippen LogP contribution < -0.4 is 14.4 Å². The average Bonchev–Trinajstić information content (AvgIpc) is 3.31. The Morgan fingerprint density at radius 1 is 0.906 bits per heavy atom. The zero-order valence-corrected chi connectivity index (χ0v) is 18.8. The number of ether oxygens (including phenoxy) is 3. The van der Waals surface area contributed by atoms with E-state index >= 15 is 0 Å².